The zero-order chi connectivity index (χ0) is 25.8. The molecule has 0 radical (unpaired) electrons. The van der Waals surface area contributed by atoms with Crippen molar-refractivity contribution < 1.29 is 19.1 Å². The molecule has 8 nitrogen and oxygen atoms in total. The maximum absolute atomic E-state index is 13.6. The van der Waals surface area contributed by atoms with Gasteiger partial charge in [0.1, 0.15) is 0 Å². The zero-order valence-corrected chi connectivity index (χ0v) is 21.5. The molecule has 2 aliphatic heterocycles. The van der Waals surface area contributed by atoms with Crippen molar-refractivity contribution in [3.63, 3.8) is 0 Å². The van der Waals surface area contributed by atoms with Crippen LogP contribution in [0.4, 0.5) is 0 Å². The van der Waals surface area contributed by atoms with Crippen LogP contribution < -0.4 is 9.47 Å². The Morgan fingerprint density at radius 3 is 2.32 bits per heavy atom. The van der Waals surface area contributed by atoms with Gasteiger partial charge in [-0.1, -0.05) is 12.2 Å². The predicted molar refractivity (Wildman–Crippen MR) is 141 cm³/mol. The Labute approximate surface area is 218 Å². The van der Waals surface area contributed by atoms with Crippen LogP contribution in [0.5, 0.6) is 11.5 Å². The topological polar surface area (TPSA) is 84.3 Å². The lowest BCUT2D eigenvalue weighted by molar-refractivity contribution is -0.141. The van der Waals surface area contributed by atoms with Gasteiger partial charge in [0.05, 0.1) is 30.9 Å². The lowest BCUT2D eigenvalue weighted by Crippen LogP contribution is -2.52. The number of allylic oxidation sites excluding steroid dienone is 2. The second-order valence-electron chi connectivity index (χ2n) is 9.61. The molecule has 1 aromatic heterocycles. The van der Waals surface area contributed by atoms with Gasteiger partial charge in [-0.05, 0) is 69.9 Å². The fraction of sp³-hybridized carbons (Fsp3) is 0.448. The highest BCUT2D eigenvalue weighted by Gasteiger charge is 2.43. The Bertz CT molecular complexity index is 1190. The molecule has 0 saturated carbocycles. The number of carbonyl (C=O) groups excluding carboxylic acids is 2. The normalized spacial score (nSPS) is 21.9. The zero-order valence-electron chi connectivity index (χ0n) is 21.5. The van der Waals surface area contributed by atoms with E-state index >= 15 is 0 Å². The summed E-state index contributed by atoms with van der Waals surface area (Å²) in [6.07, 6.45) is 10.4. The van der Waals surface area contributed by atoms with Gasteiger partial charge >= 0.3 is 0 Å². The molecule has 37 heavy (non-hydrogen) atoms. The van der Waals surface area contributed by atoms with Crippen LogP contribution in [0.2, 0.25) is 0 Å². The largest absolute Gasteiger partial charge is 0.490 e. The molecule has 0 bridgehead atoms. The Balaban J connectivity index is 1.40. The van der Waals surface area contributed by atoms with E-state index in [1.54, 1.807) is 29.5 Å². The Morgan fingerprint density at radius 2 is 1.62 bits per heavy atom. The summed E-state index contributed by atoms with van der Waals surface area (Å²) in [5, 5.41) is 6.73. The summed E-state index contributed by atoms with van der Waals surface area (Å²) in [5.41, 5.74) is 2.52. The second-order valence-corrected chi connectivity index (χ2v) is 9.61. The smallest absolute Gasteiger partial charge is 0.253 e. The second kappa shape index (κ2) is 11.2. The van der Waals surface area contributed by atoms with Gasteiger partial charge in [-0.25, -0.2) is 5.01 Å². The lowest BCUT2D eigenvalue weighted by atomic mass is 9.76. The molecule has 1 aromatic carbocycles. The summed E-state index contributed by atoms with van der Waals surface area (Å²) in [5.74, 6) is 1.41. The van der Waals surface area contributed by atoms with Gasteiger partial charge in [0.15, 0.2) is 11.5 Å². The molecule has 5 rings (SSSR count). The van der Waals surface area contributed by atoms with Crippen LogP contribution in [0.1, 0.15) is 55.5 Å². The number of rotatable bonds is 7. The van der Waals surface area contributed by atoms with Gasteiger partial charge in [0, 0.05) is 42.5 Å². The minimum Gasteiger partial charge on any atom is -0.490 e. The number of fused-ring (bicyclic) bond motifs is 1. The van der Waals surface area contributed by atoms with Crippen LogP contribution in [0.15, 0.2) is 60.0 Å². The van der Waals surface area contributed by atoms with Crippen molar-refractivity contribution >= 4 is 17.5 Å². The Hall–Kier alpha value is -3.68. The highest BCUT2D eigenvalue weighted by atomic mass is 16.5. The molecule has 0 N–H and O–H groups in total. The fourth-order valence-corrected chi connectivity index (χ4v) is 5.53. The quantitative estimate of drug-likeness (QED) is 0.527. The standard InChI is InChI=1S/C29H34N4O4/c1-3-36-25-10-9-21(19-26(25)37-4-2)27-23-7-5-6-8-24(23)29(35)33(31-27)22-13-17-32(18-14-22)28(34)20-11-15-30-16-12-20/h5-6,9-12,15-16,19,22-24H,3-4,7-8,13-14,17-18H2,1-2H3. The number of ether oxygens (including phenoxy) is 2. The molecule has 1 fully saturated rings. The van der Waals surface area contributed by atoms with E-state index in [1.165, 1.54) is 0 Å². The summed E-state index contributed by atoms with van der Waals surface area (Å²) in [7, 11) is 0. The number of hydrazone groups is 1. The van der Waals surface area contributed by atoms with Gasteiger partial charge in [0.2, 0.25) is 5.91 Å². The number of benzene rings is 1. The number of aromatic nitrogens is 1. The van der Waals surface area contributed by atoms with Crippen molar-refractivity contribution in [3.8, 4) is 11.5 Å². The fourth-order valence-electron chi connectivity index (χ4n) is 5.53. The van der Waals surface area contributed by atoms with E-state index < -0.39 is 0 Å². The SMILES string of the molecule is CCOc1ccc(C2=NN(C3CCN(C(=O)c4ccncc4)CC3)C(=O)C3CC=CCC23)cc1OCC. The highest BCUT2D eigenvalue weighted by Crippen LogP contribution is 2.38. The van der Waals surface area contributed by atoms with Gasteiger partial charge in [0.25, 0.3) is 5.91 Å². The minimum absolute atomic E-state index is 0.00494. The number of pyridine rings is 1. The van der Waals surface area contributed by atoms with Crippen molar-refractivity contribution in [2.24, 2.45) is 16.9 Å². The molecular formula is C29H34N4O4. The molecule has 8 heteroatoms. The van der Waals surface area contributed by atoms with Gasteiger partial charge in [-0.15, -0.1) is 0 Å². The maximum Gasteiger partial charge on any atom is 0.253 e. The lowest BCUT2D eigenvalue weighted by Gasteiger charge is -2.42. The molecule has 1 aliphatic carbocycles. The first-order valence-corrected chi connectivity index (χ1v) is 13.3. The van der Waals surface area contributed by atoms with Crippen LogP contribution in [0.25, 0.3) is 0 Å². The number of carbonyl (C=O) groups is 2. The third kappa shape index (κ3) is 5.10. The van der Waals surface area contributed by atoms with Crippen LogP contribution in [0, 0.1) is 11.8 Å². The summed E-state index contributed by atoms with van der Waals surface area (Å²) >= 11 is 0. The number of amides is 2. The monoisotopic (exact) mass is 502 g/mol. The summed E-state index contributed by atoms with van der Waals surface area (Å²) in [4.78, 5) is 32.4. The number of hydrogen-bond acceptors (Lipinski definition) is 6. The Kier molecular flexibility index (Phi) is 7.53. The van der Waals surface area contributed by atoms with Crippen LogP contribution >= 0.6 is 0 Å². The van der Waals surface area contributed by atoms with Crippen molar-refractivity contribution in [3.05, 3.63) is 66.0 Å². The van der Waals surface area contributed by atoms with Crippen molar-refractivity contribution in [2.45, 2.75) is 45.6 Å². The number of hydrogen-bond donors (Lipinski definition) is 0. The number of piperidine rings is 1. The van der Waals surface area contributed by atoms with E-state index in [0.717, 1.165) is 17.7 Å². The van der Waals surface area contributed by atoms with Crippen LogP contribution in [0.3, 0.4) is 0 Å². The van der Waals surface area contributed by atoms with Gasteiger partial charge in [-0.2, -0.15) is 5.10 Å². The highest BCUT2D eigenvalue weighted by molar-refractivity contribution is 6.07. The van der Waals surface area contributed by atoms with Gasteiger partial charge in [-0.3, -0.25) is 14.6 Å². The van der Waals surface area contributed by atoms with Crippen LogP contribution in [-0.4, -0.2) is 64.8 Å². The maximum atomic E-state index is 13.6. The summed E-state index contributed by atoms with van der Waals surface area (Å²) in [6, 6.07) is 9.39. The third-order valence-corrected chi connectivity index (χ3v) is 7.41. The van der Waals surface area contributed by atoms with E-state index in [1.807, 2.05) is 36.9 Å². The molecule has 2 aromatic rings. The number of likely N-dealkylation sites (tertiary alicyclic amines) is 1. The average molecular weight is 503 g/mol. The van der Waals surface area contributed by atoms with E-state index in [2.05, 4.69) is 17.1 Å². The van der Waals surface area contributed by atoms with E-state index in [9.17, 15) is 9.59 Å². The molecule has 3 aliphatic rings. The third-order valence-electron chi connectivity index (χ3n) is 7.41. The summed E-state index contributed by atoms with van der Waals surface area (Å²) in [6.45, 7) is 6.17. The van der Waals surface area contributed by atoms with E-state index in [-0.39, 0.29) is 29.7 Å². The number of nitrogens with zero attached hydrogens (tertiary/aromatic N) is 4. The van der Waals surface area contributed by atoms with Crippen molar-refractivity contribution in [1.82, 2.24) is 14.9 Å². The molecule has 2 unspecified atom stereocenters. The molecule has 194 valence electrons. The van der Waals surface area contributed by atoms with Crippen molar-refractivity contribution in [1.29, 1.82) is 0 Å². The Morgan fingerprint density at radius 1 is 0.946 bits per heavy atom. The minimum atomic E-state index is -0.129. The average Bonchev–Trinajstić information content (AvgIpc) is 2.95. The molecule has 1 saturated heterocycles. The first-order valence-electron chi connectivity index (χ1n) is 13.3. The molecule has 2 atom stereocenters. The first-order chi connectivity index (χ1) is 18.1. The van der Waals surface area contributed by atoms with Crippen molar-refractivity contribution in [2.75, 3.05) is 26.3 Å². The van der Waals surface area contributed by atoms with E-state index in [0.29, 0.717) is 62.6 Å². The predicted octanol–water partition coefficient (Wildman–Crippen LogP) is 4.31. The van der Waals surface area contributed by atoms with Gasteiger partial charge < -0.3 is 14.4 Å². The molecular weight excluding hydrogens is 468 g/mol. The van der Waals surface area contributed by atoms with Crippen LogP contribution in [-0.2, 0) is 4.79 Å². The van der Waals surface area contributed by atoms with E-state index in [4.69, 9.17) is 14.6 Å². The molecule has 2 amide bonds. The summed E-state index contributed by atoms with van der Waals surface area (Å²) < 4.78 is 11.6. The molecule has 3 heterocycles. The molecule has 0 spiro atoms. The first kappa shape index (κ1) is 25.0.